The molecule has 1 heterocycles. The molecule has 16 heavy (non-hydrogen) atoms. The summed E-state index contributed by atoms with van der Waals surface area (Å²) in [5.74, 6) is 0. The molecule has 0 radical (unpaired) electrons. The van der Waals surface area contributed by atoms with E-state index in [2.05, 4.69) is 9.97 Å². The first-order valence-corrected chi connectivity index (χ1v) is 5.83. The molecule has 0 aliphatic carbocycles. The molecule has 0 saturated carbocycles. The van der Waals surface area contributed by atoms with E-state index in [1.54, 1.807) is 6.20 Å². The van der Waals surface area contributed by atoms with Crippen molar-refractivity contribution in [1.29, 1.82) is 0 Å². The SMILES string of the molecule is Cc1cccc(Sc2cncc(=O)[nH]2)c1Cl. The molecule has 0 bridgehead atoms. The lowest BCUT2D eigenvalue weighted by Crippen LogP contribution is -2.04. The number of aryl methyl sites for hydroxylation is 1. The van der Waals surface area contributed by atoms with E-state index in [1.807, 2.05) is 25.1 Å². The summed E-state index contributed by atoms with van der Waals surface area (Å²) < 4.78 is 0. The lowest BCUT2D eigenvalue weighted by Gasteiger charge is -2.05. The van der Waals surface area contributed by atoms with Gasteiger partial charge in [0, 0.05) is 4.90 Å². The van der Waals surface area contributed by atoms with Gasteiger partial charge in [-0.15, -0.1) is 0 Å². The monoisotopic (exact) mass is 252 g/mol. The molecule has 2 rings (SSSR count). The molecule has 1 N–H and O–H groups in total. The van der Waals surface area contributed by atoms with Crippen LogP contribution in [0.15, 0.2) is 45.3 Å². The Kier molecular flexibility index (Phi) is 3.31. The first kappa shape index (κ1) is 11.2. The van der Waals surface area contributed by atoms with Gasteiger partial charge < -0.3 is 4.98 Å². The van der Waals surface area contributed by atoms with Crippen molar-refractivity contribution in [2.24, 2.45) is 0 Å². The molecule has 0 unspecified atom stereocenters. The summed E-state index contributed by atoms with van der Waals surface area (Å²) in [6, 6.07) is 5.78. The van der Waals surface area contributed by atoms with Crippen LogP contribution in [-0.4, -0.2) is 9.97 Å². The van der Waals surface area contributed by atoms with Crippen molar-refractivity contribution in [3.8, 4) is 0 Å². The van der Waals surface area contributed by atoms with E-state index < -0.39 is 0 Å². The number of hydrogen-bond donors (Lipinski definition) is 1. The summed E-state index contributed by atoms with van der Waals surface area (Å²) in [6.45, 7) is 1.94. The highest BCUT2D eigenvalue weighted by molar-refractivity contribution is 7.99. The molecule has 0 atom stereocenters. The maximum Gasteiger partial charge on any atom is 0.267 e. The number of aromatic amines is 1. The average molecular weight is 253 g/mol. The van der Waals surface area contributed by atoms with E-state index in [0.717, 1.165) is 10.5 Å². The van der Waals surface area contributed by atoms with Crippen molar-refractivity contribution in [2.75, 3.05) is 0 Å². The Bertz CT molecular complexity index is 568. The summed E-state index contributed by atoms with van der Waals surface area (Å²) >= 11 is 7.54. The Morgan fingerprint density at radius 1 is 1.38 bits per heavy atom. The molecule has 0 fully saturated rings. The van der Waals surface area contributed by atoms with Crippen LogP contribution >= 0.6 is 23.4 Å². The van der Waals surface area contributed by atoms with Crippen molar-refractivity contribution in [1.82, 2.24) is 9.97 Å². The zero-order chi connectivity index (χ0) is 11.5. The van der Waals surface area contributed by atoms with E-state index >= 15 is 0 Å². The fraction of sp³-hybridized carbons (Fsp3) is 0.0909. The predicted molar refractivity (Wildman–Crippen MR) is 65.2 cm³/mol. The van der Waals surface area contributed by atoms with Crippen LogP contribution in [0.2, 0.25) is 5.02 Å². The molecular weight excluding hydrogens is 244 g/mol. The third-order valence-electron chi connectivity index (χ3n) is 2.01. The minimum Gasteiger partial charge on any atom is -0.314 e. The first-order valence-electron chi connectivity index (χ1n) is 4.64. The van der Waals surface area contributed by atoms with Gasteiger partial charge >= 0.3 is 0 Å². The topological polar surface area (TPSA) is 45.8 Å². The number of aromatic nitrogens is 2. The molecule has 0 aliphatic heterocycles. The molecule has 2 aromatic rings. The number of rotatable bonds is 2. The van der Waals surface area contributed by atoms with Gasteiger partial charge in [0.15, 0.2) is 0 Å². The highest BCUT2D eigenvalue weighted by Crippen LogP contribution is 2.33. The van der Waals surface area contributed by atoms with Crippen LogP contribution in [0, 0.1) is 6.92 Å². The fourth-order valence-corrected chi connectivity index (χ4v) is 2.37. The summed E-state index contributed by atoms with van der Waals surface area (Å²) in [7, 11) is 0. The van der Waals surface area contributed by atoms with Crippen molar-refractivity contribution < 1.29 is 0 Å². The minimum absolute atomic E-state index is 0.214. The second-order valence-electron chi connectivity index (χ2n) is 3.25. The predicted octanol–water partition coefficient (Wildman–Crippen LogP) is 2.88. The normalized spacial score (nSPS) is 10.4. The van der Waals surface area contributed by atoms with Gasteiger partial charge in [0.25, 0.3) is 5.56 Å². The highest BCUT2D eigenvalue weighted by Gasteiger charge is 2.05. The Balaban J connectivity index is 2.34. The lowest BCUT2D eigenvalue weighted by atomic mass is 10.2. The molecular formula is C11H9ClN2OS. The number of H-pyrrole nitrogens is 1. The molecule has 1 aromatic carbocycles. The third kappa shape index (κ3) is 2.46. The molecule has 0 amide bonds. The molecule has 1 aromatic heterocycles. The van der Waals surface area contributed by atoms with E-state index in [-0.39, 0.29) is 5.56 Å². The number of nitrogens with zero attached hydrogens (tertiary/aromatic N) is 1. The average Bonchev–Trinajstić information content (AvgIpc) is 2.25. The number of nitrogens with one attached hydrogen (secondary N) is 1. The van der Waals surface area contributed by atoms with Gasteiger partial charge in [-0.1, -0.05) is 35.5 Å². The maximum absolute atomic E-state index is 11.1. The summed E-state index contributed by atoms with van der Waals surface area (Å²) in [6.07, 6.45) is 2.84. The molecule has 82 valence electrons. The van der Waals surface area contributed by atoms with Gasteiger partial charge in [-0.3, -0.25) is 9.78 Å². The van der Waals surface area contributed by atoms with Crippen LogP contribution in [-0.2, 0) is 0 Å². The Morgan fingerprint density at radius 3 is 2.94 bits per heavy atom. The van der Waals surface area contributed by atoms with Crippen LogP contribution in [0.1, 0.15) is 5.56 Å². The Morgan fingerprint density at radius 2 is 2.19 bits per heavy atom. The van der Waals surface area contributed by atoms with Crippen LogP contribution < -0.4 is 5.56 Å². The van der Waals surface area contributed by atoms with Gasteiger partial charge in [-0.05, 0) is 18.6 Å². The Labute approximate surface area is 102 Å². The zero-order valence-electron chi connectivity index (χ0n) is 8.53. The van der Waals surface area contributed by atoms with Crippen molar-refractivity contribution in [3.05, 3.63) is 51.5 Å². The van der Waals surface area contributed by atoms with Crippen molar-refractivity contribution in [2.45, 2.75) is 16.8 Å². The quantitative estimate of drug-likeness (QED) is 0.894. The van der Waals surface area contributed by atoms with Crippen LogP contribution in [0.3, 0.4) is 0 Å². The number of hydrogen-bond acceptors (Lipinski definition) is 3. The van der Waals surface area contributed by atoms with Crippen LogP contribution in [0.25, 0.3) is 0 Å². The van der Waals surface area contributed by atoms with Crippen LogP contribution in [0.5, 0.6) is 0 Å². The smallest absolute Gasteiger partial charge is 0.267 e. The van der Waals surface area contributed by atoms with E-state index in [0.29, 0.717) is 10.0 Å². The third-order valence-corrected chi connectivity index (χ3v) is 3.61. The van der Waals surface area contributed by atoms with Gasteiger partial charge in [-0.2, -0.15) is 0 Å². The summed E-state index contributed by atoms with van der Waals surface area (Å²) in [5, 5.41) is 1.39. The standard InChI is InChI=1S/C11H9ClN2OS/c1-7-3-2-4-8(11(7)12)16-10-6-13-5-9(15)14-10/h2-6H,1H3,(H,14,15). The maximum atomic E-state index is 11.1. The highest BCUT2D eigenvalue weighted by atomic mass is 35.5. The van der Waals surface area contributed by atoms with Crippen molar-refractivity contribution in [3.63, 3.8) is 0 Å². The van der Waals surface area contributed by atoms with E-state index in [9.17, 15) is 4.79 Å². The summed E-state index contributed by atoms with van der Waals surface area (Å²) in [5.41, 5.74) is 0.798. The van der Waals surface area contributed by atoms with Gasteiger partial charge in [-0.25, -0.2) is 0 Å². The van der Waals surface area contributed by atoms with E-state index in [4.69, 9.17) is 11.6 Å². The number of halogens is 1. The Hall–Kier alpha value is -1.26. The first-order chi connectivity index (χ1) is 7.66. The molecule has 0 spiro atoms. The molecule has 5 heteroatoms. The molecule has 3 nitrogen and oxygen atoms in total. The van der Waals surface area contributed by atoms with Crippen molar-refractivity contribution >= 4 is 23.4 Å². The summed E-state index contributed by atoms with van der Waals surface area (Å²) in [4.78, 5) is 18.5. The molecule has 0 aliphatic rings. The molecule has 0 saturated heterocycles. The zero-order valence-corrected chi connectivity index (χ0v) is 10.1. The van der Waals surface area contributed by atoms with E-state index in [1.165, 1.54) is 18.0 Å². The van der Waals surface area contributed by atoms with Gasteiger partial charge in [0.2, 0.25) is 0 Å². The van der Waals surface area contributed by atoms with Gasteiger partial charge in [0.1, 0.15) is 0 Å². The second-order valence-corrected chi connectivity index (χ2v) is 4.71. The lowest BCUT2D eigenvalue weighted by molar-refractivity contribution is 1.01. The second kappa shape index (κ2) is 4.72. The van der Waals surface area contributed by atoms with Crippen LogP contribution in [0.4, 0.5) is 0 Å². The fourth-order valence-electron chi connectivity index (χ4n) is 1.23. The van der Waals surface area contributed by atoms with Gasteiger partial charge in [0.05, 0.1) is 22.4 Å². The minimum atomic E-state index is -0.214. The largest absolute Gasteiger partial charge is 0.314 e. The number of benzene rings is 1.